The molecule has 0 bridgehead atoms. The third-order valence-electron chi connectivity index (χ3n) is 3.81. The number of hydrogen-bond donors (Lipinski definition) is 0. The van der Waals surface area contributed by atoms with Crippen molar-refractivity contribution in [3.8, 4) is 11.3 Å². The molecule has 0 saturated carbocycles. The summed E-state index contributed by atoms with van der Waals surface area (Å²) in [5.74, 6) is 1.80. The molecule has 1 aromatic carbocycles. The molecule has 1 saturated heterocycles. The fraction of sp³-hybridized carbons (Fsp3) is 0.353. The van der Waals surface area contributed by atoms with Gasteiger partial charge in [-0.3, -0.25) is 9.91 Å². The fourth-order valence-electron chi connectivity index (χ4n) is 2.66. The van der Waals surface area contributed by atoms with E-state index in [4.69, 9.17) is 16.0 Å². The molecule has 1 aliphatic rings. The van der Waals surface area contributed by atoms with Crippen LogP contribution in [-0.2, 0) is 6.54 Å². The van der Waals surface area contributed by atoms with Crippen molar-refractivity contribution < 1.29 is 4.42 Å². The van der Waals surface area contributed by atoms with Gasteiger partial charge in [-0.2, -0.15) is 5.10 Å². The van der Waals surface area contributed by atoms with Crippen molar-refractivity contribution in [2.45, 2.75) is 13.5 Å². The van der Waals surface area contributed by atoms with Crippen molar-refractivity contribution in [3.63, 3.8) is 0 Å². The Hall–Kier alpha value is -1.78. The van der Waals surface area contributed by atoms with Crippen molar-refractivity contribution in [2.24, 2.45) is 5.10 Å². The number of nitrogens with zero attached hydrogens (tertiary/aromatic N) is 3. The Morgan fingerprint density at radius 1 is 1.14 bits per heavy atom. The highest BCUT2D eigenvalue weighted by atomic mass is 35.5. The Labute approximate surface area is 136 Å². The van der Waals surface area contributed by atoms with Gasteiger partial charge in [0.2, 0.25) is 0 Å². The number of benzene rings is 1. The second kappa shape index (κ2) is 6.99. The summed E-state index contributed by atoms with van der Waals surface area (Å²) in [6.45, 7) is 6.70. The molecule has 0 radical (unpaired) electrons. The van der Waals surface area contributed by atoms with E-state index < -0.39 is 0 Å². The minimum atomic E-state index is 0.717. The van der Waals surface area contributed by atoms with E-state index in [0.717, 1.165) is 54.8 Å². The summed E-state index contributed by atoms with van der Waals surface area (Å²) in [7, 11) is 0. The van der Waals surface area contributed by atoms with Crippen molar-refractivity contribution in [1.29, 1.82) is 0 Å². The molecule has 3 rings (SSSR count). The minimum Gasteiger partial charge on any atom is -0.460 e. The molecule has 2 aromatic rings. The van der Waals surface area contributed by atoms with Gasteiger partial charge in [0.15, 0.2) is 0 Å². The molecule has 0 N–H and O–H groups in total. The molecule has 1 aliphatic heterocycles. The van der Waals surface area contributed by atoms with Crippen LogP contribution in [0.1, 0.15) is 12.7 Å². The molecule has 0 aliphatic carbocycles. The van der Waals surface area contributed by atoms with E-state index in [1.165, 1.54) is 0 Å². The van der Waals surface area contributed by atoms with E-state index >= 15 is 0 Å². The number of halogens is 1. The number of rotatable bonds is 4. The van der Waals surface area contributed by atoms with Gasteiger partial charge in [-0.15, -0.1) is 0 Å². The van der Waals surface area contributed by atoms with Gasteiger partial charge >= 0.3 is 0 Å². The van der Waals surface area contributed by atoms with E-state index in [1.54, 1.807) is 0 Å². The summed E-state index contributed by atoms with van der Waals surface area (Å²) >= 11 is 6.22. The van der Waals surface area contributed by atoms with Crippen molar-refractivity contribution in [1.82, 2.24) is 9.91 Å². The summed E-state index contributed by atoms with van der Waals surface area (Å²) in [5, 5.41) is 7.14. The van der Waals surface area contributed by atoms with Gasteiger partial charge in [-0.05, 0) is 31.2 Å². The highest BCUT2D eigenvalue weighted by molar-refractivity contribution is 6.33. The average Bonchev–Trinajstić information content (AvgIpc) is 2.98. The molecule has 1 aromatic heterocycles. The van der Waals surface area contributed by atoms with Gasteiger partial charge < -0.3 is 4.42 Å². The van der Waals surface area contributed by atoms with E-state index in [0.29, 0.717) is 0 Å². The van der Waals surface area contributed by atoms with E-state index in [9.17, 15) is 0 Å². The SMILES string of the molecule is C/C=N\N1CCN(Cc2ccc(-c3ccccc3Cl)o2)CC1. The van der Waals surface area contributed by atoms with Crippen LogP contribution in [0, 0.1) is 0 Å². The summed E-state index contributed by atoms with van der Waals surface area (Å²) < 4.78 is 5.96. The largest absolute Gasteiger partial charge is 0.460 e. The molecule has 22 heavy (non-hydrogen) atoms. The first-order valence-corrected chi connectivity index (χ1v) is 7.93. The van der Waals surface area contributed by atoms with Gasteiger partial charge in [0.05, 0.1) is 11.6 Å². The van der Waals surface area contributed by atoms with E-state index in [2.05, 4.69) is 15.0 Å². The lowest BCUT2D eigenvalue weighted by Crippen LogP contribution is -2.43. The van der Waals surface area contributed by atoms with Crippen LogP contribution in [0.15, 0.2) is 45.9 Å². The lowest BCUT2D eigenvalue weighted by molar-refractivity contribution is 0.125. The third kappa shape index (κ3) is 3.51. The topological polar surface area (TPSA) is 32.0 Å². The number of furan rings is 1. The first-order chi connectivity index (χ1) is 10.8. The molecule has 0 spiro atoms. The third-order valence-corrected chi connectivity index (χ3v) is 4.14. The zero-order valence-electron chi connectivity index (χ0n) is 12.7. The highest BCUT2D eigenvalue weighted by Gasteiger charge is 2.17. The summed E-state index contributed by atoms with van der Waals surface area (Å²) in [4.78, 5) is 2.39. The normalized spacial score (nSPS) is 16.5. The average molecular weight is 318 g/mol. The van der Waals surface area contributed by atoms with Crippen molar-refractivity contribution in [3.05, 3.63) is 47.2 Å². The van der Waals surface area contributed by atoms with Crippen LogP contribution in [-0.4, -0.2) is 42.3 Å². The predicted molar refractivity (Wildman–Crippen MR) is 90.2 cm³/mol. The Bertz CT molecular complexity index is 645. The van der Waals surface area contributed by atoms with Crippen molar-refractivity contribution in [2.75, 3.05) is 26.2 Å². The summed E-state index contributed by atoms with van der Waals surface area (Å²) in [6, 6.07) is 11.8. The molecule has 2 heterocycles. The number of hydrazone groups is 1. The Morgan fingerprint density at radius 3 is 2.64 bits per heavy atom. The second-order valence-corrected chi connectivity index (χ2v) is 5.76. The monoisotopic (exact) mass is 317 g/mol. The maximum atomic E-state index is 6.22. The molecule has 0 atom stereocenters. The quantitative estimate of drug-likeness (QED) is 0.805. The first kappa shape index (κ1) is 15.1. The molecular weight excluding hydrogens is 298 g/mol. The summed E-state index contributed by atoms with van der Waals surface area (Å²) in [6.07, 6.45) is 1.85. The molecule has 5 heteroatoms. The predicted octanol–water partition coefficient (Wildman–Crippen LogP) is 3.72. The fourth-order valence-corrected chi connectivity index (χ4v) is 2.89. The molecule has 0 amide bonds. The van der Waals surface area contributed by atoms with Crippen LogP contribution in [0.25, 0.3) is 11.3 Å². The van der Waals surface area contributed by atoms with Crippen LogP contribution in [0.2, 0.25) is 5.02 Å². The highest BCUT2D eigenvalue weighted by Crippen LogP contribution is 2.29. The first-order valence-electron chi connectivity index (χ1n) is 7.56. The maximum absolute atomic E-state index is 6.22. The van der Waals surface area contributed by atoms with Gasteiger partial charge in [-0.25, -0.2) is 0 Å². The second-order valence-electron chi connectivity index (χ2n) is 5.35. The number of hydrogen-bond acceptors (Lipinski definition) is 4. The molecular formula is C17H20ClN3O. The number of piperazine rings is 1. The van der Waals surface area contributed by atoms with Gasteiger partial charge in [0, 0.05) is 38.0 Å². The zero-order chi connectivity index (χ0) is 15.4. The van der Waals surface area contributed by atoms with E-state index in [1.807, 2.05) is 49.5 Å². The van der Waals surface area contributed by atoms with Crippen LogP contribution >= 0.6 is 11.6 Å². The molecule has 116 valence electrons. The van der Waals surface area contributed by atoms with E-state index in [-0.39, 0.29) is 0 Å². The smallest absolute Gasteiger partial charge is 0.135 e. The van der Waals surface area contributed by atoms with Gasteiger partial charge in [-0.1, -0.05) is 23.7 Å². The summed E-state index contributed by atoms with van der Waals surface area (Å²) in [5.41, 5.74) is 0.942. The van der Waals surface area contributed by atoms with Crippen LogP contribution < -0.4 is 0 Å². The molecule has 0 unspecified atom stereocenters. The van der Waals surface area contributed by atoms with Gasteiger partial charge in [0.1, 0.15) is 11.5 Å². The molecule has 1 fully saturated rings. The lowest BCUT2D eigenvalue weighted by atomic mass is 10.2. The van der Waals surface area contributed by atoms with Crippen molar-refractivity contribution >= 4 is 17.8 Å². The standard InChI is InChI=1S/C17H20ClN3O/c1-2-19-21-11-9-20(10-12-21)13-14-7-8-17(22-14)15-5-3-4-6-16(15)18/h2-8H,9-13H2,1H3/b19-2-. The Morgan fingerprint density at radius 2 is 1.91 bits per heavy atom. The lowest BCUT2D eigenvalue weighted by Gasteiger charge is -2.32. The van der Waals surface area contributed by atoms with Crippen LogP contribution in [0.5, 0.6) is 0 Å². The maximum Gasteiger partial charge on any atom is 0.135 e. The zero-order valence-corrected chi connectivity index (χ0v) is 13.5. The molecule has 4 nitrogen and oxygen atoms in total. The minimum absolute atomic E-state index is 0.717. The van der Waals surface area contributed by atoms with Crippen LogP contribution in [0.3, 0.4) is 0 Å². The Kier molecular flexibility index (Phi) is 4.80. The Balaban J connectivity index is 1.62. The van der Waals surface area contributed by atoms with Gasteiger partial charge in [0.25, 0.3) is 0 Å². The van der Waals surface area contributed by atoms with Crippen LogP contribution in [0.4, 0.5) is 0 Å².